The summed E-state index contributed by atoms with van der Waals surface area (Å²) >= 11 is 0. The first-order chi connectivity index (χ1) is 9.10. The van der Waals surface area contributed by atoms with Gasteiger partial charge in [-0.3, -0.25) is 10.2 Å². The molecule has 2 atom stereocenters. The van der Waals surface area contributed by atoms with Gasteiger partial charge in [0.15, 0.2) is 0 Å². The number of ether oxygens (including phenoxy) is 2. The Bertz CT molecular complexity index is 422. The molecule has 6 heteroatoms. The van der Waals surface area contributed by atoms with Crippen LogP contribution in [-0.2, 0) is 16.1 Å². The van der Waals surface area contributed by atoms with Crippen LogP contribution in [-0.4, -0.2) is 24.2 Å². The van der Waals surface area contributed by atoms with Crippen molar-refractivity contribution in [2.45, 2.75) is 51.6 Å². The zero-order chi connectivity index (χ0) is 13.8. The van der Waals surface area contributed by atoms with Crippen molar-refractivity contribution in [3.05, 3.63) is 23.7 Å². The molecule has 0 aromatic carbocycles. The summed E-state index contributed by atoms with van der Waals surface area (Å²) in [6.45, 7) is 4.33. The summed E-state index contributed by atoms with van der Waals surface area (Å²) in [7, 11) is 0. The second-order valence-electron chi connectivity index (χ2n) is 4.89. The molecular weight excluding hydrogens is 248 g/mol. The first kappa shape index (κ1) is 14.0. The van der Waals surface area contributed by atoms with Gasteiger partial charge < -0.3 is 13.9 Å². The maximum atomic E-state index is 11.5. The molecule has 0 bridgehead atoms. The van der Waals surface area contributed by atoms with E-state index in [9.17, 15) is 4.79 Å². The highest BCUT2D eigenvalue weighted by atomic mass is 16.5. The molecule has 0 spiro atoms. The predicted octanol–water partition coefficient (Wildman–Crippen LogP) is 1.36. The molecule has 1 amide bonds. The van der Waals surface area contributed by atoms with E-state index in [1.807, 2.05) is 13.8 Å². The van der Waals surface area contributed by atoms with E-state index in [1.54, 1.807) is 6.07 Å². The first-order valence-corrected chi connectivity index (χ1v) is 6.44. The highest BCUT2D eigenvalue weighted by molar-refractivity contribution is 5.94. The maximum Gasteiger partial charge on any atom is 0.268 e. The van der Waals surface area contributed by atoms with Crippen molar-refractivity contribution < 1.29 is 18.7 Å². The van der Waals surface area contributed by atoms with Gasteiger partial charge in [-0.2, -0.15) is 0 Å². The Kier molecular flexibility index (Phi) is 4.57. The van der Waals surface area contributed by atoms with E-state index >= 15 is 0 Å². The molecule has 0 aliphatic carbocycles. The van der Waals surface area contributed by atoms with Gasteiger partial charge in [0.2, 0.25) is 0 Å². The number of nitrogens with two attached hydrogens (primary N) is 1. The van der Waals surface area contributed by atoms with Gasteiger partial charge in [0.1, 0.15) is 12.4 Å². The van der Waals surface area contributed by atoms with E-state index < -0.39 is 0 Å². The van der Waals surface area contributed by atoms with Crippen molar-refractivity contribution in [3.63, 3.8) is 0 Å². The van der Waals surface area contributed by atoms with Crippen LogP contribution in [0.25, 0.3) is 0 Å². The van der Waals surface area contributed by atoms with E-state index in [-0.39, 0.29) is 30.8 Å². The Hall–Kier alpha value is -1.37. The summed E-state index contributed by atoms with van der Waals surface area (Å²) < 4.78 is 16.7. The van der Waals surface area contributed by atoms with Crippen LogP contribution in [0.5, 0.6) is 0 Å². The first-order valence-electron chi connectivity index (χ1n) is 6.44. The molecule has 19 heavy (non-hydrogen) atoms. The van der Waals surface area contributed by atoms with Crippen molar-refractivity contribution in [1.29, 1.82) is 0 Å². The minimum absolute atomic E-state index is 0.123. The van der Waals surface area contributed by atoms with Crippen molar-refractivity contribution in [1.82, 2.24) is 5.43 Å². The molecular formula is C13H20N2O4. The Morgan fingerprint density at radius 2 is 2.16 bits per heavy atom. The third-order valence-electron chi connectivity index (χ3n) is 3.23. The second-order valence-corrected chi connectivity index (χ2v) is 4.89. The minimum Gasteiger partial charge on any atom is -0.466 e. The van der Waals surface area contributed by atoms with Crippen LogP contribution in [0.1, 0.15) is 42.8 Å². The molecule has 1 aliphatic rings. The lowest BCUT2D eigenvalue weighted by Crippen LogP contribution is -2.34. The van der Waals surface area contributed by atoms with Crippen molar-refractivity contribution >= 4 is 5.91 Å². The molecule has 0 radical (unpaired) electrons. The number of nitrogens with one attached hydrogen (secondary N) is 1. The van der Waals surface area contributed by atoms with Gasteiger partial charge in [-0.05, 0) is 32.8 Å². The van der Waals surface area contributed by atoms with Gasteiger partial charge in [-0.15, -0.1) is 0 Å². The molecule has 6 nitrogen and oxygen atoms in total. The van der Waals surface area contributed by atoms with Crippen LogP contribution in [0.15, 0.2) is 16.7 Å². The number of nitrogen functional groups attached to an aromatic ring is 1. The fraction of sp³-hybridized carbons (Fsp3) is 0.615. The summed E-state index contributed by atoms with van der Waals surface area (Å²) in [5.74, 6) is 5.23. The topological polar surface area (TPSA) is 86.7 Å². The number of hydrogen-bond acceptors (Lipinski definition) is 5. The lowest BCUT2D eigenvalue weighted by atomic mass is 10.0. The third-order valence-corrected chi connectivity index (χ3v) is 3.23. The fourth-order valence-electron chi connectivity index (χ4n) is 2.41. The lowest BCUT2D eigenvalue weighted by Gasteiger charge is -2.31. The maximum absolute atomic E-state index is 11.5. The monoisotopic (exact) mass is 268 g/mol. The van der Waals surface area contributed by atoms with Gasteiger partial charge in [0, 0.05) is 0 Å². The highest BCUT2D eigenvalue weighted by Gasteiger charge is 2.25. The summed E-state index contributed by atoms with van der Waals surface area (Å²) in [5.41, 5.74) is 2.50. The van der Waals surface area contributed by atoms with E-state index in [0.29, 0.717) is 11.3 Å². The normalized spacial score (nSPS) is 27.2. The molecule has 106 valence electrons. The quantitative estimate of drug-likeness (QED) is 0.489. The van der Waals surface area contributed by atoms with Crippen LogP contribution >= 0.6 is 0 Å². The molecule has 1 aromatic heterocycles. The van der Waals surface area contributed by atoms with Gasteiger partial charge in [-0.25, -0.2) is 5.84 Å². The van der Waals surface area contributed by atoms with Crippen molar-refractivity contribution in [3.8, 4) is 0 Å². The number of carbonyl (C=O) groups is 1. The molecule has 2 rings (SSSR count). The number of rotatable bonds is 4. The molecule has 2 heterocycles. The second kappa shape index (κ2) is 6.18. The van der Waals surface area contributed by atoms with Crippen LogP contribution in [0.2, 0.25) is 0 Å². The molecule has 1 fully saturated rings. The molecule has 0 saturated carbocycles. The van der Waals surface area contributed by atoms with Crippen LogP contribution < -0.4 is 11.3 Å². The largest absolute Gasteiger partial charge is 0.466 e. The number of hydrazine groups is 1. The lowest BCUT2D eigenvalue weighted by molar-refractivity contribution is -0.108. The number of hydrogen-bond donors (Lipinski definition) is 2. The van der Waals surface area contributed by atoms with Crippen LogP contribution in [0.3, 0.4) is 0 Å². The number of carbonyl (C=O) groups excluding carboxylic acids is 1. The molecule has 1 aromatic rings. The van der Waals surface area contributed by atoms with Crippen molar-refractivity contribution in [2.24, 2.45) is 5.84 Å². The molecule has 3 N–H and O–H groups in total. The zero-order valence-corrected chi connectivity index (χ0v) is 11.2. The average molecular weight is 268 g/mol. The smallest absolute Gasteiger partial charge is 0.268 e. The molecule has 1 saturated heterocycles. The fourth-order valence-corrected chi connectivity index (χ4v) is 2.41. The minimum atomic E-state index is -0.374. The molecule has 2 unspecified atom stereocenters. The van der Waals surface area contributed by atoms with Gasteiger partial charge in [-0.1, -0.05) is 0 Å². The van der Waals surface area contributed by atoms with E-state index in [4.69, 9.17) is 19.7 Å². The summed E-state index contributed by atoms with van der Waals surface area (Å²) in [5, 5.41) is 0. The highest BCUT2D eigenvalue weighted by Crippen LogP contribution is 2.23. The third kappa shape index (κ3) is 3.56. The average Bonchev–Trinajstić information content (AvgIpc) is 2.82. The zero-order valence-electron chi connectivity index (χ0n) is 11.2. The van der Waals surface area contributed by atoms with Gasteiger partial charge in [0.25, 0.3) is 5.91 Å². The number of amides is 1. The van der Waals surface area contributed by atoms with Crippen LogP contribution in [0.4, 0.5) is 0 Å². The van der Waals surface area contributed by atoms with Gasteiger partial charge >= 0.3 is 0 Å². The predicted molar refractivity (Wildman–Crippen MR) is 68.2 cm³/mol. The van der Waals surface area contributed by atoms with E-state index in [0.717, 1.165) is 12.8 Å². The summed E-state index contributed by atoms with van der Waals surface area (Å²) in [4.78, 5) is 11.5. The summed E-state index contributed by atoms with van der Waals surface area (Å²) in [6, 6.07) is 1.58. The van der Waals surface area contributed by atoms with Crippen LogP contribution in [0, 0.1) is 0 Å². The Morgan fingerprint density at radius 1 is 1.47 bits per heavy atom. The standard InChI is InChI=1S/C13H20N2O4/c1-8-5-10(6-9(2)19-8)18-7-12-11(3-4-17-12)13(16)15-14/h3-4,8-10H,5-7,14H2,1-2H3,(H,15,16). The molecule has 1 aliphatic heterocycles. The number of furan rings is 1. The SMILES string of the molecule is CC1CC(OCc2occc2C(=O)NN)CC(C)O1. The van der Waals surface area contributed by atoms with Gasteiger partial charge in [0.05, 0.1) is 30.1 Å². The summed E-state index contributed by atoms with van der Waals surface area (Å²) in [6.07, 6.45) is 3.66. The van der Waals surface area contributed by atoms with E-state index in [1.165, 1.54) is 6.26 Å². The Labute approximate surface area is 112 Å². The van der Waals surface area contributed by atoms with Crippen molar-refractivity contribution in [2.75, 3.05) is 0 Å². The Morgan fingerprint density at radius 3 is 2.79 bits per heavy atom. The Balaban J connectivity index is 1.92. The van der Waals surface area contributed by atoms with E-state index in [2.05, 4.69) is 5.43 Å².